The van der Waals surface area contributed by atoms with E-state index in [9.17, 15) is 10.1 Å². The van der Waals surface area contributed by atoms with Crippen molar-refractivity contribution in [3.63, 3.8) is 0 Å². The maximum Gasteiger partial charge on any atom is 0.270 e. The van der Waals surface area contributed by atoms with Crippen LogP contribution in [0.25, 0.3) is 21.9 Å². The quantitative estimate of drug-likeness (QED) is 0.169. The predicted molar refractivity (Wildman–Crippen MR) is 134 cm³/mol. The molecule has 0 bridgehead atoms. The van der Waals surface area contributed by atoms with Crippen molar-refractivity contribution in [2.75, 3.05) is 17.1 Å². The molecule has 0 fully saturated rings. The molecule has 0 unspecified atom stereocenters. The van der Waals surface area contributed by atoms with E-state index in [0.717, 1.165) is 16.4 Å². The molecule has 0 saturated heterocycles. The number of nitrogens with zero attached hydrogens (tertiary/aromatic N) is 4. The number of hydrogen-bond donors (Lipinski definition) is 2. The number of benzene rings is 3. The maximum atomic E-state index is 11.1. The highest BCUT2D eigenvalue weighted by atomic mass is 32.2. The molecule has 0 aliphatic rings. The summed E-state index contributed by atoms with van der Waals surface area (Å²) in [5.74, 6) is 1.64. The van der Waals surface area contributed by atoms with Crippen molar-refractivity contribution in [3.05, 3.63) is 89.1 Å². The lowest BCUT2D eigenvalue weighted by Crippen LogP contribution is -2.03. The fraction of sp³-hybridized carbons (Fsp3) is 0.0417. The average molecular weight is 471 g/mol. The summed E-state index contributed by atoms with van der Waals surface area (Å²) >= 11 is 1.21. The van der Waals surface area contributed by atoms with Crippen molar-refractivity contribution < 1.29 is 9.66 Å². The lowest BCUT2D eigenvalue weighted by molar-refractivity contribution is -0.385. The van der Waals surface area contributed by atoms with Gasteiger partial charge in [0.15, 0.2) is 11.6 Å². The number of nitrogens with one attached hydrogen (secondary N) is 2. The van der Waals surface area contributed by atoms with E-state index in [-0.39, 0.29) is 5.69 Å². The summed E-state index contributed by atoms with van der Waals surface area (Å²) in [6, 6.07) is 21.5. The van der Waals surface area contributed by atoms with Gasteiger partial charge in [0.2, 0.25) is 0 Å². The Hall–Kier alpha value is -4.44. The van der Waals surface area contributed by atoms with Crippen LogP contribution < -0.4 is 14.8 Å². The van der Waals surface area contributed by atoms with Gasteiger partial charge in [-0.05, 0) is 42.3 Å². The second-order valence-electron chi connectivity index (χ2n) is 7.24. The lowest BCUT2D eigenvalue weighted by atomic mass is 10.1. The Kier molecular flexibility index (Phi) is 5.79. The number of non-ortho nitro benzene ring substituents is 1. The molecule has 0 radical (unpaired) electrons. The second kappa shape index (κ2) is 9.20. The van der Waals surface area contributed by atoms with Crippen LogP contribution in [0.15, 0.2) is 83.9 Å². The molecule has 0 atom stereocenters. The third-order valence-electron chi connectivity index (χ3n) is 5.03. The summed E-state index contributed by atoms with van der Waals surface area (Å²) < 4.78 is 8.65. The van der Waals surface area contributed by atoms with Crippen LogP contribution in [0.4, 0.5) is 23.0 Å². The number of fused-ring (bicyclic) bond motifs is 2. The van der Waals surface area contributed by atoms with E-state index in [1.165, 1.54) is 24.1 Å². The van der Waals surface area contributed by atoms with Crippen LogP contribution in [-0.2, 0) is 0 Å². The van der Waals surface area contributed by atoms with Gasteiger partial charge < -0.3 is 14.8 Å². The van der Waals surface area contributed by atoms with Crippen LogP contribution in [0.2, 0.25) is 0 Å². The number of aromatic nitrogens is 3. The number of para-hydroxylation sites is 2. The molecular weight excluding hydrogens is 452 g/mol. The first-order valence-corrected chi connectivity index (χ1v) is 11.1. The standard InChI is InChI=1S/C24H18N6O3S/c1-33-17-12-15-6-5-11-25-22(15)21(14-17)28-23-24(27-20-10-3-2-9-19(20)26-23)29-34-18-8-4-7-16(13-18)30(31)32/h2-14H,1H3,(H,26,28)(H,27,29). The third-order valence-corrected chi connectivity index (χ3v) is 5.82. The summed E-state index contributed by atoms with van der Waals surface area (Å²) in [5, 5.41) is 15.4. The van der Waals surface area contributed by atoms with Crippen LogP contribution in [-0.4, -0.2) is 27.0 Å². The van der Waals surface area contributed by atoms with Gasteiger partial charge in [-0.1, -0.05) is 24.3 Å². The number of rotatable bonds is 7. The number of ether oxygens (including phenoxy) is 1. The zero-order valence-electron chi connectivity index (χ0n) is 17.9. The topological polar surface area (TPSA) is 115 Å². The van der Waals surface area contributed by atoms with Crippen molar-refractivity contribution >= 4 is 56.9 Å². The van der Waals surface area contributed by atoms with Crippen LogP contribution in [0.5, 0.6) is 5.75 Å². The monoisotopic (exact) mass is 470 g/mol. The van der Waals surface area contributed by atoms with Crippen molar-refractivity contribution in [2.45, 2.75) is 4.90 Å². The van der Waals surface area contributed by atoms with Crippen LogP contribution in [0.1, 0.15) is 0 Å². The Morgan fingerprint density at radius 1 is 0.941 bits per heavy atom. The SMILES string of the molecule is COc1cc(Nc2nc3ccccc3nc2NSc2cccc([N+](=O)[O-])c2)c2ncccc2c1. The van der Waals surface area contributed by atoms with E-state index in [0.29, 0.717) is 33.5 Å². The van der Waals surface area contributed by atoms with Gasteiger partial charge in [-0.3, -0.25) is 15.1 Å². The number of pyridine rings is 1. The summed E-state index contributed by atoms with van der Waals surface area (Å²) in [5.41, 5.74) is 2.92. The number of nitro groups is 1. The summed E-state index contributed by atoms with van der Waals surface area (Å²) in [6.45, 7) is 0. The van der Waals surface area contributed by atoms with E-state index in [1.807, 2.05) is 48.5 Å². The van der Waals surface area contributed by atoms with E-state index in [2.05, 4.69) is 15.0 Å². The Morgan fingerprint density at radius 3 is 2.50 bits per heavy atom. The van der Waals surface area contributed by atoms with Gasteiger partial charge in [-0.15, -0.1) is 0 Å². The molecule has 0 spiro atoms. The molecule has 10 heteroatoms. The second-order valence-corrected chi connectivity index (χ2v) is 8.12. The Morgan fingerprint density at radius 2 is 1.74 bits per heavy atom. The number of hydrogen-bond acceptors (Lipinski definition) is 9. The van der Waals surface area contributed by atoms with Gasteiger partial charge in [0.1, 0.15) is 5.75 Å². The molecule has 2 aromatic heterocycles. The molecule has 0 saturated carbocycles. The Balaban J connectivity index is 1.54. The highest BCUT2D eigenvalue weighted by molar-refractivity contribution is 8.00. The lowest BCUT2D eigenvalue weighted by Gasteiger charge is -2.15. The van der Waals surface area contributed by atoms with Crippen LogP contribution in [0.3, 0.4) is 0 Å². The number of methoxy groups -OCH3 is 1. The van der Waals surface area contributed by atoms with Gasteiger partial charge in [-0.25, -0.2) is 9.97 Å². The molecule has 3 aromatic carbocycles. The minimum atomic E-state index is -0.423. The molecule has 168 valence electrons. The predicted octanol–water partition coefficient (Wildman–Crippen LogP) is 5.96. The van der Waals surface area contributed by atoms with Crippen molar-refractivity contribution in [1.29, 1.82) is 0 Å². The Labute approximate surface area is 198 Å². The maximum absolute atomic E-state index is 11.1. The zero-order valence-corrected chi connectivity index (χ0v) is 18.7. The van der Waals surface area contributed by atoms with E-state index < -0.39 is 4.92 Å². The molecule has 34 heavy (non-hydrogen) atoms. The molecule has 0 aliphatic heterocycles. The fourth-order valence-electron chi connectivity index (χ4n) is 3.43. The van der Waals surface area contributed by atoms with Gasteiger partial charge in [-0.2, -0.15) is 0 Å². The number of nitro benzene ring substituents is 1. The summed E-state index contributed by atoms with van der Waals surface area (Å²) in [6.07, 6.45) is 1.73. The van der Waals surface area contributed by atoms with Crippen LogP contribution in [0, 0.1) is 10.1 Å². The fourth-order valence-corrected chi connectivity index (χ4v) is 4.11. The number of anilines is 3. The molecule has 2 heterocycles. The zero-order chi connectivity index (χ0) is 23.5. The molecule has 0 aliphatic carbocycles. The van der Waals surface area contributed by atoms with Gasteiger partial charge in [0.05, 0.1) is 34.3 Å². The van der Waals surface area contributed by atoms with E-state index in [4.69, 9.17) is 14.7 Å². The molecule has 5 rings (SSSR count). The molecular formula is C24H18N6O3S. The molecule has 2 N–H and O–H groups in total. The molecule has 5 aromatic rings. The molecule has 0 amide bonds. The van der Waals surface area contributed by atoms with Crippen molar-refractivity contribution in [2.24, 2.45) is 0 Å². The summed E-state index contributed by atoms with van der Waals surface area (Å²) in [4.78, 5) is 25.4. The molecule has 9 nitrogen and oxygen atoms in total. The van der Waals surface area contributed by atoms with E-state index >= 15 is 0 Å². The third kappa shape index (κ3) is 4.39. The van der Waals surface area contributed by atoms with E-state index in [1.54, 1.807) is 25.4 Å². The average Bonchev–Trinajstić information content (AvgIpc) is 2.87. The highest BCUT2D eigenvalue weighted by Gasteiger charge is 2.14. The largest absolute Gasteiger partial charge is 0.497 e. The van der Waals surface area contributed by atoms with Gasteiger partial charge in [0, 0.05) is 34.7 Å². The van der Waals surface area contributed by atoms with Gasteiger partial charge in [0.25, 0.3) is 5.69 Å². The Bertz CT molecular complexity index is 1530. The summed E-state index contributed by atoms with van der Waals surface area (Å²) in [7, 11) is 1.61. The first kappa shape index (κ1) is 21.4. The van der Waals surface area contributed by atoms with Crippen LogP contribution >= 0.6 is 11.9 Å². The smallest absolute Gasteiger partial charge is 0.270 e. The van der Waals surface area contributed by atoms with Crippen molar-refractivity contribution in [1.82, 2.24) is 15.0 Å². The van der Waals surface area contributed by atoms with Gasteiger partial charge >= 0.3 is 0 Å². The first-order valence-electron chi connectivity index (χ1n) is 10.2. The highest BCUT2D eigenvalue weighted by Crippen LogP contribution is 2.34. The first-order chi connectivity index (χ1) is 16.6. The minimum absolute atomic E-state index is 0.0173. The normalized spacial score (nSPS) is 10.9. The van der Waals surface area contributed by atoms with Crippen molar-refractivity contribution in [3.8, 4) is 5.75 Å². The minimum Gasteiger partial charge on any atom is -0.497 e.